The van der Waals surface area contributed by atoms with E-state index < -0.39 is 22.4 Å². The quantitative estimate of drug-likeness (QED) is 0.577. The molecule has 0 spiro atoms. The Bertz CT molecular complexity index is 512. The number of likely N-dealkylation sites (tertiary alicyclic amines) is 1. The molecule has 1 aliphatic heterocycles. The third kappa shape index (κ3) is 12.7. The molecule has 0 aromatic heterocycles. The van der Waals surface area contributed by atoms with Gasteiger partial charge in [-0.3, -0.25) is 0 Å². The number of carbonyl (C=O) groups is 2. The van der Waals surface area contributed by atoms with Crippen molar-refractivity contribution < 1.29 is 29.0 Å². The van der Waals surface area contributed by atoms with Crippen molar-refractivity contribution in [3.8, 4) is 0 Å². The third-order valence-electron chi connectivity index (χ3n) is 3.43. The summed E-state index contributed by atoms with van der Waals surface area (Å²) in [6, 6.07) is 0.0849. The van der Waals surface area contributed by atoms with Gasteiger partial charge >= 0.3 is 12.2 Å². The van der Waals surface area contributed by atoms with Gasteiger partial charge in [0, 0.05) is 18.5 Å². The predicted octanol–water partition coefficient (Wildman–Crippen LogP) is 3.11. The summed E-state index contributed by atoms with van der Waals surface area (Å²) in [5.41, 5.74) is 3.72. The topological polar surface area (TPSA) is 134 Å². The highest BCUT2D eigenvalue weighted by atomic mass is 16.9. The van der Waals surface area contributed by atoms with Crippen LogP contribution in [0, 0.1) is 16.0 Å². The molecule has 1 aliphatic rings. The molecule has 0 aromatic carbocycles. The lowest BCUT2D eigenvalue weighted by Gasteiger charge is -2.38. The van der Waals surface area contributed by atoms with Crippen LogP contribution in [0.4, 0.5) is 9.59 Å². The minimum Gasteiger partial charge on any atom is -0.444 e. The highest BCUT2D eigenvalue weighted by Crippen LogP contribution is 2.24. The maximum Gasteiger partial charge on any atom is 0.410 e. The third-order valence-corrected chi connectivity index (χ3v) is 3.43. The molecule has 0 aromatic rings. The molecule has 1 rings (SSSR count). The summed E-state index contributed by atoms with van der Waals surface area (Å²) < 4.78 is 9.91. The largest absolute Gasteiger partial charge is 0.444 e. The number of ether oxygens (including phenoxy) is 2. The maximum absolute atomic E-state index is 12.0. The fourth-order valence-electron chi connectivity index (χ4n) is 2.36. The van der Waals surface area contributed by atoms with Crippen molar-refractivity contribution in [2.75, 3.05) is 13.2 Å². The minimum absolute atomic E-state index is 0.0193. The second-order valence-electron chi connectivity index (χ2n) is 8.48. The fourth-order valence-corrected chi connectivity index (χ4v) is 2.36. The fraction of sp³-hybridized carbons (Fsp3) is 0.882. The first-order valence-corrected chi connectivity index (χ1v) is 8.86. The van der Waals surface area contributed by atoms with E-state index in [9.17, 15) is 19.7 Å². The standard InChI is InChI=1S/C12H22N2O5.C5H11NO2/c1-9-5-6-10(8-18-14(16)17)7-13(9)11(15)19-12(2,3)4;1-5(2,3)8-4(6)7/h9-10H,5-8H2,1-4H3;1-3H3,(H2,6,7). The summed E-state index contributed by atoms with van der Waals surface area (Å²) in [4.78, 5) is 38.3. The molecule has 0 radical (unpaired) electrons. The molecule has 10 nitrogen and oxygen atoms in total. The molecule has 1 fully saturated rings. The lowest BCUT2D eigenvalue weighted by molar-refractivity contribution is -0.759. The highest BCUT2D eigenvalue weighted by molar-refractivity contribution is 5.68. The molecule has 0 saturated carbocycles. The summed E-state index contributed by atoms with van der Waals surface area (Å²) in [6.07, 6.45) is 0.516. The van der Waals surface area contributed by atoms with E-state index in [1.165, 1.54) is 0 Å². The van der Waals surface area contributed by atoms with Crippen LogP contribution in [0.1, 0.15) is 61.3 Å². The van der Waals surface area contributed by atoms with E-state index in [2.05, 4.69) is 9.57 Å². The van der Waals surface area contributed by atoms with Gasteiger partial charge in [0.1, 0.15) is 17.8 Å². The molecular formula is C17H33N3O7. The zero-order valence-corrected chi connectivity index (χ0v) is 17.3. The number of carbonyl (C=O) groups excluding carboxylic acids is 2. The monoisotopic (exact) mass is 391 g/mol. The van der Waals surface area contributed by atoms with Gasteiger partial charge in [-0.1, -0.05) is 0 Å². The minimum atomic E-state index is -0.796. The average molecular weight is 391 g/mol. The van der Waals surface area contributed by atoms with Crippen molar-refractivity contribution in [3.05, 3.63) is 10.1 Å². The van der Waals surface area contributed by atoms with Crippen molar-refractivity contribution in [1.82, 2.24) is 4.90 Å². The van der Waals surface area contributed by atoms with Crippen LogP contribution < -0.4 is 5.73 Å². The summed E-state index contributed by atoms with van der Waals surface area (Å²) in [6.45, 7) is 13.1. The van der Waals surface area contributed by atoms with Gasteiger partial charge in [-0.15, -0.1) is 10.1 Å². The second-order valence-corrected chi connectivity index (χ2v) is 8.48. The molecule has 2 atom stereocenters. The molecule has 1 heterocycles. The smallest absolute Gasteiger partial charge is 0.410 e. The number of rotatable bonds is 3. The van der Waals surface area contributed by atoms with E-state index in [0.717, 1.165) is 12.8 Å². The molecule has 158 valence electrons. The Kier molecular flexibility index (Phi) is 9.32. The summed E-state index contributed by atoms with van der Waals surface area (Å²) >= 11 is 0. The van der Waals surface area contributed by atoms with Crippen molar-refractivity contribution in [3.63, 3.8) is 0 Å². The van der Waals surface area contributed by atoms with E-state index in [1.807, 2.05) is 27.7 Å². The molecule has 10 heteroatoms. The lowest BCUT2D eigenvalue weighted by atomic mass is 9.94. The van der Waals surface area contributed by atoms with Crippen LogP contribution in [-0.4, -0.2) is 52.6 Å². The van der Waals surface area contributed by atoms with Gasteiger partial charge in [-0.05, 0) is 61.3 Å². The Morgan fingerprint density at radius 3 is 2.00 bits per heavy atom. The van der Waals surface area contributed by atoms with Gasteiger partial charge in [0.2, 0.25) is 0 Å². The predicted molar refractivity (Wildman–Crippen MR) is 98.5 cm³/mol. The van der Waals surface area contributed by atoms with E-state index >= 15 is 0 Å². The molecule has 0 bridgehead atoms. The van der Waals surface area contributed by atoms with Gasteiger partial charge in [0.15, 0.2) is 0 Å². The van der Waals surface area contributed by atoms with Crippen LogP contribution in [0.25, 0.3) is 0 Å². The molecule has 2 N–H and O–H groups in total. The van der Waals surface area contributed by atoms with E-state index in [0.29, 0.717) is 6.54 Å². The zero-order valence-electron chi connectivity index (χ0n) is 17.3. The van der Waals surface area contributed by atoms with Crippen molar-refractivity contribution in [1.29, 1.82) is 0 Å². The Labute approximate surface area is 160 Å². The van der Waals surface area contributed by atoms with Crippen LogP contribution in [0.5, 0.6) is 0 Å². The number of hydrogen-bond acceptors (Lipinski definition) is 7. The van der Waals surface area contributed by atoms with Crippen molar-refractivity contribution >= 4 is 12.2 Å². The first-order valence-electron chi connectivity index (χ1n) is 8.86. The van der Waals surface area contributed by atoms with Crippen LogP contribution in [0.2, 0.25) is 0 Å². The first kappa shape index (κ1) is 24.7. The number of amides is 2. The Morgan fingerprint density at radius 2 is 1.63 bits per heavy atom. The number of hydrogen-bond donors (Lipinski definition) is 1. The number of nitrogens with zero attached hydrogens (tertiary/aromatic N) is 2. The summed E-state index contributed by atoms with van der Waals surface area (Å²) in [7, 11) is 0. The zero-order chi connectivity index (χ0) is 21.4. The van der Waals surface area contributed by atoms with Gasteiger partial charge in [0.25, 0.3) is 5.09 Å². The summed E-state index contributed by atoms with van der Waals surface area (Å²) in [5, 5.41) is 9.39. The maximum atomic E-state index is 12.0. The van der Waals surface area contributed by atoms with E-state index in [4.69, 9.17) is 10.5 Å². The van der Waals surface area contributed by atoms with Crippen LogP contribution in [0.3, 0.4) is 0 Å². The Hall–Kier alpha value is -2.26. The Morgan fingerprint density at radius 1 is 1.11 bits per heavy atom. The van der Waals surface area contributed by atoms with E-state index in [-0.39, 0.29) is 24.7 Å². The highest BCUT2D eigenvalue weighted by Gasteiger charge is 2.32. The number of nitrogens with two attached hydrogens (primary N) is 1. The van der Waals surface area contributed by atoms with Gasteiger partial charge in [-0.2, -0.15) is 0 Å². The molecule has 2 amide bonds. The lowest BCUT2D eigenvalue weighted by Crippen LogP contribution is -2.48. The molecule has 0 aliphatic carbocycles. The van der Waals surface area contributed by atoms with Crippen molar-refractivity contribution in [2.45, 2.75) is 78.6 Å². The Balaban J connectivity index is 0.000000713. The molecular weight excluding hydrogens is 358 g/mol. The van der Waals surface area contributed by atoms with Gasteiger partial charge in [0.05, 0.1) is 0 Å². The van der Waals surface area contributed by atoms with E-state index in [1.54, 1.807) is 25.7 Å². The van der Waals surface area contributed by atoms with Crippen molar-refractivity contribution in [2.24, 2.45) is 11.7 Å². The average Bonchev–Trinajstić information content (AvgIpc) is 2.42. The van der Waals surface area contributed by atoms with Gasteiger partial charge in [-0.25, -0.2) is 9.59 Å². The molecule has 2 unspecified atom stereocenters. The van der Waals surface area contributed by atoms with Crippen LogP contribution in [0.15, 0.2) is 0 Å². The van der Waals surface area contributed by atoms with Gasteiger partial charge < -0.3 is 24.9 Å². The van der Waals surface area contributed by atoms with Crippen LogP contribution >= 0.6 is 0 Å². The number of primary amides is 1. The second kappa shape index (κ2) is 10.2. The summed E-state index contributed by atoms with van der Waals surface area (Å²) in [5.74, 6) is -0.0193. The van der Waals surface area contributed by atoms with Crippen LogP contribution in [-0.2, 0) is 14.3 Å². The SMILES string of the molecule is CC(C)(C)OC(N)=O.CC1CCC(CO[N+](=O)[O-])CN1C(=O)OC(C)(C)C. The normalized spacial score (nSPS) is 20.0. The first-order chi connectivity index (χ1) is 12.1. The molecule has 1 saturated heterocycles. The number of piperidine rings is 1. The molecule has 27 heavy (non-hydrogen) atoms.